The van der Waals surface area contributed by atoms with E-state index < -0.39 is 23.5 Å². The predicted molar refractivity (Wildman–Crippen MR) is 72.5 cm³/mol. The van der Waals surface area contributed by atoms with E-state index in [0.717, 1.165) is 12.8 Å². The standard InChI is InChI=1S/C15H26O4/c1-5-18-13(16)12(10-11-8-6-7-9-11)14(17)19-15(2,3)4/h11-12H,5-10H2,1-4H3. The summed E-state index contributed by atoms with van der Waals surface area (Å²) < 4.78 is 10.3. The molecule has 1 aliphatic carbocycles. The van der Waals surface area contributed by atoms with Gasteiger partial charge in [0.2, 0.25) is 0 Å². The highest BCUT2D eigenvalue weighted by atomic mass is 16.6. The van der Waals surface area contributed by atoms with Crippen molar-refractivity contribution in [2.75, 3.05) is 6.61 Å². The Hall–Kier alpha value is -1.06. The van der Waals surface area contributed by atoms with Crippen LogP contribution in [0.15, 0.2) is 0 Å². The van der Waals surface area contributed by atoms with E-state index in [-0.39, 0.29) is 0 Å². The van der Waals surface area contributed by atoms with Gasteiger partial charge in [-0.1, -0.05) is 25.7 Å². The van der Waals surface area contributed by atoms with Crippen LogP contribution in [0, 0.1) is 11.8 Å². The molecule has 1 saturated carbocycles. The molecule has 0 bridgehead atoms. The average molecular weight is 270 g/mol. The maximum atomic E-state index is 12.1. The van der Waals surface area contributed by atoms with Gasteiger partial charge in [0, 0.05) is 0 Å². The minimum absolute atomic E-state index is 0.294. The van der Waals surface area contributed by atoms with Crippen LogP contribution in [0.4, 0.5) is 0 Å². The molecule has 4 heteroatoms. The molecule has 1 aliphatic rings. The molecule has 1 atom stereocenters. The molecule has 0 saturated heterocycles. The molecule has 0 N–H and O–H groups in total. The summed E-state index contributed by atoms with van der Waals surface area (Å²) in [6.45, 7) is 7.47. The fourth-order valence-corrected chi connectivity index (χ4v) is 2.48. The summed E-state index contributed by atoms with van der Waals surface area (Å²) in [6.07, 6.45) is 5.13. The summed E-state index contributed by atoms with van der Waals surface area (Å²) in [6, 6.07) is 0. The van der Waals surface area contributed by atoms with Gasteiger partial charge < -0.3 is 9.47 Å². The number of hydrogen-bond acceptors (Lipinski definition) is 4. The molecule has 0 radical (unpaired) electrons. The molecule has 0 heterocycles. The van der Waals surface area contributed by atoms with Crippen LogP contribution in [0.5, 0.6) is 0 Å². The zero-order chi connectivity index (χ0) is 14.5. The van der Waals surface area contributed by atoms with Crippen LogP contribution < -0.4 is 0 Å². The van der Waals surface area contributed by atoms with Crippen LogP contribution >= 0.6 is 0 Å². The van der Waals surface area contributed by atoms with Crippen molar-refractivity contribution < 1.29 is 19.1 Å². The van der Waals surface area contributed by atoms with Crippen molar-refractivity contribution in [1.29, 1.82) is 0 Å². The van der Waals surface area contributed by atoms with Gasteiger partial charge in [-0.05, 0) is 40.0 Å². The molecule has 4 nitrogen and oxygen atoms in total. The Labute approximate surface area is 115 Å². The minimum atomic E-state index is -0.762. The lowest BCUT2D eigenvalue weighted by Crippen LogP contribution is -2.34. The molecule has 1 fully saturated rings. The van der Waals surface area contributed by atoms with Crippen molar-refractivity contribution in [2.45, 2.75) is 65.4 Å². The van der Waals surface area contributed by atoms with E-state index in [4.69, 9.17) is 9.47 Å². The van der Waals surface area contributed by atoms with Gasteiger partial charge in [-0.15, -0.1) is 0 Å². The maximum Gasteiger partial charge on any atom is 0.320 e. The van der Waals surface area contributed by atoms with Crippen molar-refractivity contribution in [3.05, 3.63) is 0 Å². The Morgan fingerprint density at radius 2 is 1.74 bits per heavy atom. The van der Waals surface area contributed by atoms with Crippen LogP contribution in [0.25, 0.3) is 0 Å². The Kier molecular flexibility index (Phi) is 5.83. The first-order valence-electron chi connectivity index (χ1n) is 7.23. The molecular formula is C15H26O4. The Balaban J connectivity index is 2.67. The minimum Gasteiger partial charge on any atom is -0.465 e. The van der Waals surface area contributed by atoms with E-state index in [1.165, 1.54) is 12.8 Å². The molecule has 19 heavy (non-hydrogen) atoms. The van der Waals surface area contributed by atoms with Gasteiger partial charge in [0.1, 0.15) is 5.60 Å². The van der Waals surface area contributed by atoms with Gasteiger partial charge in [-0.25, -0.2) is 0 Å². The fourth-order valence-electron chi connectivity index (χ4n) is 2.48. The number of rotatable bonds is 5. The molecule has 0 aromatic heterocycles. The summed E-state index contributed by atoms with van der Waals surface area (Å²) in [5, 5.41) is 0. The molecule has 0 aromatic carbocycles. The van der Waals surface area contributed by atoms with Gasteiger partial charge in [-0.3, -0.25) is 9.59 Å². The third kappa shape index (κ3) is 5.62. The van der Waals surface area contributed by atoms with Gasteiger partial charge in [0.05, 0.1) is 6.61 Å². The van der Waals surface area contributed by atoms with Crippen molar-refractivity contribution in [1.82, 2.24) is 0 Å². The van der Waals surface area contributed by atoms with Gasteiger partial charge >= 0.3 is 11.9 Å². The molecule has 0 spiro atoms. The van der Waals surface area contributed by atoms with Crippen LogP contribution in [0.3, 0.4) is 0 Å². The highest BCUT2D eigenvalue weighted by molar-refractivity contribution is 5.95. The molecule has 0 aromatic rings. The Morgan fingerprint density at radius 3 is 2.21 bits per heavy atom. The van der Waals surface area contributed by atoms with E-state index >= 15 is 0 Å². The highest BCUT2D eigenvalue weighted by Gasteiger charge is 2.35. The molecular weight excluding hydrogens is 244 g/mol. The molecule has 0 aliphatic heterocycles. The second-order valence-electron chi connectivity index (χ2n) is 6.22. The normalized spacial score (nSPS) is 18.1. The molecule has 1 rings (SSSR count). The van der Waals surface area contributed by atoms with Crippen LogP contribution in [-0.4, -0.2) is 24.1 Å². The Morgan fingerprint density at radius 1 is 1.16 bits per heavy atom. The predicted octanol–water partition coefficient (Wildman–Crippen LogP) is 3.09. The number of hydrogen-bond donors (Lipinski definition) is 0. The third-order valence-electron chi connectivity index (χ3n) is 3.31. The lowest BCUT2D eigenvalue weighted by atomic mass is 9.93. The van der Waals surface area contributed by atoms with Gasteiger partial charge in [0.15, 0.2) is 5.92 Å². The van der Waals surface area contributed by atoms with Crippen molar-refractivity contribution >= 4 is 11.9 Å². The van der Waals surface area contributed by atoms with Crippen molar-refractivity contribution in [3.8, 4) is 0 Å². The van der Waals surface area contributed by atoms with Crippen LogP contribution in [-0.2, 0) is 19.1 Å². The summed E-state index contributed by atoms with van der Waals surface area (Å²) in [5.41, 5.74) is -0.572. The van der Waals surface area contributed by atoms with E-state index in [1.54, 1.807) is 6.92 Å². The van der Waals surface area contributed by atoms with Crippen molar-refractivity contribution in [3.63, 3.8) is 0 Å². The van der Waals surface area contributed by atoms with Crippen LogP contribution in [0.2, 0.25) is 0 Å². The Bertz CT molecular complexity index is 311. The van der Waals surface area contributed by atoms with E-state index in [1.807, 2.05) is 20.8 Å². The van der Waals surface area contributed by atoms with Crippen LogP contribution in [0.1, 0.15) is 59.8 Å². The van der Waals surface area contributed by atoms with E-state index in [9.17, 15) is 9.59 Å². The smallest absolute Gasteiger partial charge is 0.320 e. The lowest BCUT2D eigenvalue weighted by molar-refractivity contribution is -0.169. The maximum absolute atomic E-state index is 12.1. The number of carbonyl (C=O) groups excluding carboxylic acids is 2. The summed E-state index contributed by atoms with van der Waals surface area (Å²) >= 11 is 0. The first-order chi connectivity index (χ1) is 8.83. The zero-order valence-corrected chi connectivity index (χ0v) is 12.5. The molecule has 1 unspecified atom stereocenters. The summed E-state index contributed by atoms with van der Waals surface area (Å²) in [5.74, 6) is -1.20. The monoisotopic (exact) mass is 270 g/mol. The highest BCUT2D eigenvalue weighted by Crippen LogP contribution is 2.31. The largest absolute Gasteiger partial charge is 0.465 e. The zero-order valence-electron chi connectivity index (χ0n) is 12.5. The first kappa shape index (κ1) is 16.0. The molecule has 110 valence electrons. The third-order valence-corrected chi connectivity index (χ3v) is 3.31. The first-order valence-corrected chi connectivity index (χ1v) is 7.23. The second kappa shape index (κ2) is 6.92. The summed E-state index contributed by atoms with van der Waals surface area (Å²) in [7, 11) is 0. The van der Waals surface area contributed by atoms with Gasteiger partial charge in [0.25, 0.3) is 0 Å². The average Bonchev–Trinajstić information content (AvgIpc) is 2.76. The van der Waals surface area contributed by atoms with E-state index in [0.29, 0.717) is 18.9 Å². The van der Waals surface area contributed by atoms with Gasteiger partial charge in [-0.2, -0.15) is 0 Å². The quantitative estimate of drug-likeness (QED) is 0.569. The van der Waals surface area contributed by atoms with Crippen molar-refractivity contribution in [2.24, 2.45) is 11.8 Å². The number of esters is 2. The molecule has 0 amide bonds. The SMILES string of the molecule is CCOC(=O)C(CC1CCCC1)C(=O)OC(C)(C)C. The fraction of sp³-hybridized carbons (Fsp3) is 0.867. The second-order valence-corrected chi connectivity index (χ2v) is 6.22. The number of carbonyl (C=O) groups is 2. The number of ether oxygens (including phenoxy) is 2. The summed E-state index contributed by atoms with van der Waals surface area (Å²) in [4.78, 5) is 24.1. The topological polar surface area (TPSA) is 52.6 Å². The lowest BCUT2D eigenvalue weighted by Gasteiger charge is -2.24. The van der Waals surface area contributed by atoms with E-state index in [2.05, 4.69) is 0 Å².